The van der Waals surface area contributed by atoms with E-state index in [4.69, 9.17) is 17.0 Å². The summed E-state index contributed by atoms with van der Waals surface area (Å²) in [5.41, 5.74) is 5.45. The molecule has 1 amide bonds. The van der Waals surface area contributed by atoms with Crippen molar-refractivity contribution in [3.63, 3.8) is 0 Å². The summed E-state index contributed by atoms with van der Waals surface area (Å²) in [6.07, 6.45) is 1.68. The van der Waals surface area contributed by atoms with Gasteiger partial charge in [0.2, 0.25) is 5.17 Å². The van der Waals surface area contributed by atoms with Gasteiger partial charge in [0.1, 0.15) is 10.9 Å². The summed E-state index contributed by atoms with van der Waals surface area (Å²) in [7, 11) is 0. The van der Waals surface area contributed by atoms with Gasteiger partial charge in [-0.3, -0.25) is 10.2 Å². The summed E-state index contributed by atoms with van der Waals surface area (Å²) in [5, 5.41) is 16.0. The van der Waals surface area contributed by atoms with Crippen molar-refractivity contribution in [2.24, 2.45) is 10.1 Å². The number of hydrazone groups is 1. The second kappa shape index (κ2) is 8.38. The molecule has 34 heavy (non-hydrogen) atoms. The van der Waals surface area contributed by atoms with Crippen molar-refractivity contribution < 1.29 is 9.18 Å². The van der Waals surface area contributed by atoms with Gasteiger partial charge in [-0.05, 0) is 92.2 Å². The fourth-order valence-corrected chi connectivity index (χ4v) is 5.07. The molecule has 0 radical (unpaired) electrons. The Bertz CT molecular complexity index is 1470. The number of hydrogen-bond acceptors (Lipinski definition) is 4. The highest BCUT2D eigenvalue weighted by atomic mass is 35.5. The van der Waals surface area contributed by atoms with Gasteiger partial charge in [0.05, 0.1) is 5.57 Å². The zero-order chi connectivity index (χ0) is 24.1. The van der Waals surface area contributed by atoms with E-state index in [0.29, 0.717) is 20.8 Å². The first-order valence-corrected chi connectivity index (χ1v) is 11.6. The highest BCUT2D eigenvalue weighted by Gasteiger charge is 2.36. The molecule has 3 heterocycles. The Kier molecular flexibility index (Phi) is 5.50. The Hall–Kier alpha value is -3.49. The van der Waals surface area contributed by atoms with Crippen molar-refractivity contribution in [3.8, 4) is 5.69 Å². The molecule has 9 heteroatoms. The molecular weight excluding hydrogens is 473 g/mol. The third-order valence-corrected chi connectivity index (χ3v) is 7.16. The van der Waals surface area contributed by atoms with Crippen molar-refractivity contribution in [1.82, 2.24) is 9.58 Å². The molecule has 0 spiro atoms. The first-order valence-electron chi connectivity index (χ1n) is 10.4. The number of hydrogen-bond donors (Lipinski definition) is 1. The Morgan fingerprint density at radius 2 is 1.85 bits per heavy atom. The van der Waals surface area contributed by atoms with Crippen LogP contribution in [0.2, 0.25) is 5.02 Å². The molecule has 0 bridgehead atoms. The predicted molar refractivity (Wildman–Crippen MR) is 136 cm³/mol. The van der Waals surface area contributed by atoms with Crippen LogP contribution in [0, 0.1) is 32.0 Å². The lowest BCUT2D eigenvalue weighted by Gasteiger charge is -2.20. The first-order chi connectivity index (χ1) is 16.2. The molecular formula is C25H19ClFN5OS. The Labute approximate surface area is 205 Å². The number of nitrogens with zero attached hydrogens (tertiary/aromatic N) is 4. The molecule has 1 N–H and O–H groups in total. The van der Waals surface area contributed by atoms with E-state index in [1.54, 1.807) is 18.2 Å². The van der Waals surface area contributed by atoms with Gasteiger partial charge in [0.15, 0.2) is 5.84 Å². The number of aromatic nitrogens is 1. The number of amidine groups is 2. The molecule has 5 rings (SSSR count). The molecule has 2 aliphatic rings. The molecule has 2 aromatic carbocycles. The lowest BCUT2D eigenvalue weighted by molar-refractivity contribution is -0.114. The summed E-state index contributed by atoms with van der Waals surface area (Å²) < 4.78 is 15.4. The Morgan fingerprint density at radius 3 is 2.59 bits per heavy atom. The highest BCUT2D eigenvalue weighted by molar-refractivity contribution is 8.27. The van der Waals surface area contributed by atoms with Crippen molar-refractivity contribution in [3.05, 3.63) is 93.0 Å². The Balaban J connectivity index is 1.52. The number of rotatable bonds is 3. The molecule has 6 nitrogen and oxygen atoms in total. The number of benzene rings is 2. The van der Waals surface area contributed by atoms with Crippen LogP contribution in [-0.2, 0) is 4.79 Å². The molecule has 2 aliphatic heterocycles. The first kappa shape index (κ1) is 22.3. The number of fused-ring (bicyclic) bond motifs is 1. The van der Waals surface area contributed by atoms with Crippen LogP contribution in [-0.4, -0.2) is 31.5 Å². The zero-order valence-electron chi connectivity index (χ0n) is 18.6. The molecule has 0 saturated heterocycles. The number of carbonyl (C=O) groups is 1. The molecule has 0 fully saturated rings. The number of amides is 1. The topological polar surface area (TPSA) is 73.8 Å². The van der Waals surface area contributed by atoms with Gasteiger partial charge >= 0.3 is 0 Å². The van der Waals surface area contributed by atoms with Crippen LogP contribution in [0.15, 0.2) is 64.2 Å². The van der Waals surface area contributed by atoms with Crippen LogP contribution >= 0.6 is 23.4 Å². The average Bonchev–Trinajstić information content (AvgIpc) is 3.34. The molecule has 0 saturated carbocycles. The molecule has 1 aromatic heterocycles. The van der Waals surface area contributed by atoms with Crippen molar-refractivity contribution in [1.29, 1.82) is 5.41 Å². The maximum Gasteiger partial charge on any atom is 0.283 e. The molecule has 0 atom stereocenters. The lowest BCUT2D eigenvalue weighted by Crippen LogP contribution is -2.35. The molecule has 170 valence electrons. The number of aliphatic imine (C=N–C) groups is 1. The van der Waals surface area contributed by atoms with Crippen LogP contribution in [0.5, 0.6) is 0 Å². The van der Waals surface area contributed by atoms with E-state index in [9.17, 15) is 9.18 Å². The third kappa shape index (κ3) is 3.69. The maximum atomic E-state index is 13.3. The fourth-order valence-electron chi connectivity index (χ4n) is 4.00. The van der Waals surface area contributed by atoms with Gasteiger partial charge in [-0.15, -0.1) is 0 Å². The SMILES string of the molecule is Cc1c(Cl)cccc1-n1c(C)cc(/C=C2\C(=N)N3N=C(c4ccc(F)cc4)SC3=NC2=O)c1C. The quantitative estimate of drug-likeness (QED) is 0.466. The van der Waals surface area contributed by atoms with Crippen LogP contribution < -0.4 is 0 Å². The van der Waals surface area contributed by atoms with Gasteiger partial charge in [-0.25, -0.2) is 4.39 Å². The van der Waals surface area contributed by atoms with E-state index in [1.807, 2.05) is 45.0 Å². The van der Waals surface area contributed by atoms with E-state index in [-0.39, 0.29) is 17.2 Å². The molecule has 0 unspecified atom stereocenters. The number of thioether (sulfide) groups is 1. The number of aryl methyl sites for hydroxylation is 1. The van der Waals surface area contributed by atoms with Crippen molar-refractivity contribution >= 4 is 51.4 Å². The largest absolute Gasteiger partial charge is 0.318 e. The second-order valence-corrected chi connectivity index (χ2v) is 9.34. The van der Waals surface area contributed by atoms with Gasteiger partial charge < -0.3 is 4.57 Å². The van der Waals surface area contributed by atoms with E-state index in [2.05, 4.69) is 14.7 Å². The van der Waals surface area contributed by atoms with Gasteiger partial charge in [-0.1, -0.05) is 17.7 Å². The van der Waals surface area contributed by atoms with Crippen molar-refractivity contribution in [2.75, 3.05) is 0 Å². The van der Waals surface area contributed by atoms with E-state index in [0.717, 1.165) is 28.2 Å². The smallest absolute Gasteiger partial charge is 0.283 e. The normalized spacial score (nSPS) is 16.7. The average molecular weight is 492 g/mol. The summed E-state index contributed by atoms with van der Waals surface area (Å²) in [4.78, 5) is 17.0. The monoisotopic (exact) mass is 491 g/mol. The molecule has 0 aliphatic carbocycles. The van der Waals surface area contributed by atoms with Gasteiger partial charge in [0, 0.05) is 27.7 Å². The van der Waals surface area contributed by atoms with E-state index >= 15 is 0 Å². The minimum Gasteiger partial charge on any atom is -0.318 e. The summed E-state index contributed by atoms with van der Waals surface area (Å²) in [6.45, 7) is 5.91. The van der Waals surface area contributed by atoms with Crippen LogP contribution in [0.25, 0.3) is 11.8 Å². The fraction of sp³-hybridized carbons (Fsp3) is 0.120. The third-order valence-electron chi connectivity index (χ3n) is 5.80. The number of halogens is 2. The summed E-state index contributed by atoms with van der Waals surface area (Å²) in [5.74, 6) is -0.896. The minimum atomic E-state index is -0.497. The number of carbonyl (C=O) groups excluding carboxylic acids is 1. The van der Waals surface area contributed by atoms with Crippen molar-refractivity contribution in [2.45, 2.75) is 20.8 Å². The van der Waals surface area contributed by atoms with Gasteiger partial charge in [0.25, 0.3) is 5.91 Å². The summed E-state index contributed by atoms with van der Waals surface area (Å²) in [6, 6.07) is 13.6. The van der Waals surface area contributed by atoms with E-state index in [1.165, 1.54) is 28.9 Å². The minimum absolute atomic E-state index is 0.0525. The highest BCUT2D eigenvalue weighted by Crippen LogP contribution is 2.32. The Morgan fingerprint density at radius 1 is 1.12 bits per heavy atom. The van der Waals surface area contributed by atoms with Gasteiger partial charge in [-0.2, -0.15) is 15.1 Å². The molecule has 3 aromatic rings. The van der Waals surface area contributed by atoms with Crippen LogP contribution in [0.4, 0.5) is 4.39 Å². The maximum absolute atomic E-state index is 13.3. The standard InChI is InChI=1S/C25H19ClFN5OS/c1-13-11-17(15(3)31(13)21-6-4-5-20(26)14(21)2)12-19-22(28)32-25(29-23(19)33)34-24(30-32)16-7-9-18(27)10-8-16/h4-12,28H,1-3H3/b19-12+,28-22?. The summed E-state index contributed by atoms with van der Waals surface area (Å²) >= 11 is 7.51. The van der Waals surface area contributed by atoms with E-state index < -0.39 is 5.91 Å². The lowest BCUT2D eigenvalue weighted by atomic mass is 10.1. The number of nitrogens with one attached hydrogen (secondary N) is 1. The second-order valence-electron chi connectivity index (χ2n) is 7.98. The van der Waals surface area contributed by atoms with Crippen LogP contribution in [0.1, 0.15) is 28.1 Å². The predicted octanol–water partition coefficient (Wildman–Crippen LogP) is 5.86. The van der Waals surface area contributed by atoms with Crippen LogP contribution in [0.3, 0.4) is 0 Å². The zero-order valence-corrected chi connectivity index (χ0v) is 20.1.